The molecule has 0 atom stereocenters. The van der Waals surface area contributed by atoms with Gasteiger partial charge in [0.1, 0.15) is 11.4 Å². The van der Waals surface area contributed by atoms with Gasteiger partial charge in [0.2, 0.25) is 5.43 Å². The molecule has 0 unspecified atom stereocenters. The SMILES string of the molecule is Cc1ccc(Cn2cc(C(=O)O)c(=O)c3cc(F)c(N4CCN(C)CC4)cc32)cc1C. The van der Waals surface area contributed by atoms with Crippen LogP contribution in [0.15, 0.2) is 41.3 Å². The molecule has 4 rings (SSSR count). The molecule has 3 aromatic rings. The first-order valence-electron chi connectivity index (χ1n) is 10.3. The molecule has 162 valence electrons. The van der Waals surface area contributed by atoms with Crippen molar-refractivity contribution in [2.24, 2.45) is 0 Å². The van der Waals surface area contributed by atoms with E-state index < -0.39 is 17.2 Å². The van der Waals surface area contributed by atoms with Gasteiger partial charge in [-0.3, -0.25) is 4.79 Å². The maximum atomic E-state index is 15.0. The van der Waals surface area contributed by atoms with Gasteiger partial charge in [-0.2, -0.15) is 0 Å². The van der Waals surface area contributed by atoms with E-state index in [9.17, 15) is 14.7 Å². The number of carboxylic acid groups (broad SMARTS) is 1. The summed E-state index contributed by atoms with van der Waals surface area (Å²) >= 11 is 0. The summed E-state index contributed by atoms with van der Waals surface area (Å²) in [6.45, 7) is 7.45. The Labute approximate surface area is 180 Å². The topological polar surface area (TPSA) is 65.8 Å². The lowest BCUT2D eigenvalue weighted by Crippen LogP contribution is -2.44. The molecule has 1 aliphatic heterocycles. The summed E-state index contributed by atoms with van der Waals surface area (Å²) in [7, 11) is 2.03. The number of rotatable bonds is 4. The highest BCUT2D eigenvalue weighted by Gasteiger charge is 2.21. The van der Waals surface area contributed by atoms with Crippen molar-refractivity contribution in [2.75, 3.05) is 38.1 Å². The summed E-state index contributed by atoms with van der Waals surface area (Å²) in [5, 5.41) is 9.61. The number of anilines is 1. The van der Waals surface area contributed by atoms with Crippen LogP contribution < -0.4 is 10.3 Å². The van der Waals surface area contributed by atoms with Crippen LogP contribution in [0.5, 0.6) is 0 Å². The molecule has 1 aliphatic rings. The number of likely N-dealkylation sites (N-methyl/N-ethyl adjacent to an activating group) is 1. The fraction of sp³-hybridized carbons (Fsp3) is 0.333. The fourth-order valence-electron chi connectivity index (χ4n) is 4.07. The molecule has 2 aromatic carbocycles. The van der Waals surface area contributed by atoms with Crippen molar-refractivity contribution in [3.8, 4) is 0 Å². The van der Waals surface area contributed by atoms with E-state index in [1.165, 1.54) is 17.8 Å². The second-order valence-electron chi connectivity index (χ2n) is 8.33. The Balaban J connectivity index is 1.88. The summed E-state index contributed by atoms with van der Waals surface area (Å²) in [6, 6.07) is 8.92. The van der Waals surface area contributed by atoms with Crippen molar-refractivity contribution < 1.29 is 14.3 Å². The van der Waals surface area contributed by atoms with Gasteiger partial charge in [0, 0.05) is 44.3 Å². The first-order chi connectivity index (χ1) is 14.7. The number of benzene rings is 2. The van der Waals surface area contributed by atoms with Crippen molar-refractivity contribution in [2.45, 2.75) is 20.4 Å². The van der Waals surface area contributed by atoms with E-state index in [4.69, 9.17) is 0 Å². The number of halogens is 1. The summed E-state index contributed by atoms with van der Waals surface area (Å²) in [4.78, 5) is 28.6. The lowest BCUT2D eigenvalue weighted by atomic mass is 10.1. The zero-order chi connectivity index (χ0) is 22.3. The van der Waals surface area contributed by atoms with Gasteiger partial charge in [-0.1, -0.05) is 18.2 Å². The fourth-order valence-corrected chi connectivity index (χ4v) is 4.07. The molecule has 0 aliphatic carbocycles. The predicted octanol–water partition coefficient (Wildman–Crippen LogP) is 3.26. The highest BCUT2D eigenvalue weighted by molar-refractivity contribution is 5.93. The summed E-state index contributed by atoms with van der Waals surface area (Å²) in [5.41, 5.74) is 3.23. The van der Waals surface area contributed by atoms with E-state index in [2.05, 4.69) is 4.90 Å². The third-order valence-electron chi connectivity index (χ3n) is 6.15. The first kappa shape index (κ1) is 21.1. The molecule has 1 fully saturated rings. The summed E-state index contributed by atoms with van der Waals surface area (Å²) in [5.74, 6) is -1.82. The summed E-state index contributed by atoms with van der Waals surface area (Å²) in [6.07, 6.45) is 1.37. The molecule has 0 bridgehead atoms. The van der Waals surface area contributed by atoms with Crippen molar-refractivity contribution in [1.29, 1.82) is 0 Å². The number of hydrogen-bond donors (Lipinski definition) is 1. The number of aromatic carboxylic acids is 1. The van der Waals surface area contributed by atoms with Crippen LogP contribution in [0.1, 0.15) is 27.0 Å². The normalized spacial score (nSPS) is 14.9. The molecule has 1 saturated heterocycles. The number of fused-ring (bicyclic) bond motifs is 1. The zero-order valence-electron chi connectivity index (χ0n) is 18.0. The van der Waals surface area contributed by atoms with Gasteiger partial charge in [-0.05, 0) is 49.7 Å². The van der Waals surface area contributed by atoms with E-state index in [-0.39, 0.29) is 10.9 Å². The van der Waals surface area contributed by atoms with E-state index in [0.717, 1.165) is 24.2 Å². The predicted molar refractivity (Wildman–Crippen MR) is 120 cm³/mol. The van der Waals surface area contributed by atoms with Crippen molar-refractivity contribution in [3.05, 3.63) is 74.8 Å². The van der Waals surface area contributed by atoms with Crippen molar-refractivity contribution in [3.63, 3.8) is 0 Å². The third-order valence-corrected chi connectivity index (χ3v) is 6.15. The molecule has 1 aromatic heterocycles. The van der Waals surface area contributed by atoms with Crippen LogP contribution in [0.4, 0.5) is 10.1 Å². The smallest absolute Gasteiger partial charge is 0.341 e. The molecule has 2 heterocycles. The van der Waals surface area contributed by atoms with E-state index in [1.807, 2.05) is 44.0 Å². The lowest BCUT2D eigenvalue weighted by molar-refractivity contribution is 0.0695. The number of carbonyl (C=O) groups is 1. The Morgan fingerprint density at radius 3 is 2.42 bits per heavy atom. The Kier molecular flexibility index (Phi) is 5.54. The molecule has 0 amide bonds. The summed E-state index contributed by atoms with van der Waals surface area (Å²) < 4.78 is 16.8. The second-order valence-corrected chi connectivity index (χ2v) is 8.33. The molecule has 6 nitrogen and oxygen atoms in total. The van der Waals surface area contributed by atoms with Crippen LogP contribution in [0.3, 0.4) is 0 Å². The minimum Gasteiger partial charge on any atom is -0.477 e. The molecule has 1 N–H and O–H groups in total. The second kappa shape index (κ2) is 8.15. The van der Waals surface area contributed by atoms with Crippen LogP contribution in [-0.2, 0) is 6.54 Å². The van der Waals surface area contributed by atoms with Crippen LogP contribution in [0.25, 0.3) is 10.9 Å². The molecule has 0 spiro atoms. The van der Waals surface area contributed by atoms with Gasteiger partial charge in [0.25, 0.3) is 0 Å². The Morgan fingerprint density at radius 2 is 1.77 bits per heavy atom. The minimum atomic E-state index is -1.32. The van der Waals surface area contributed by atoms with Gasteiger partial charge < -0.3 is 19.5 Å². The van der Waals surface area contributed by atoms with Crippen molar-refractivity contribution in [1.82, 2.24) is 9.47 Å². The van der Waals surface area contributed by atoms with E-state index in [0.29, 0.717) is 30.8 Å². The Hall–Kier alpha value is -3.19. The quantitative estimate of drug-likeness (QED) is 0.698. The molecular weight excluding hydrogens is 397 g/mol. The van der Waals surface area contributed by atoms with Crippen LogP contribution >= 0.6 is 0 Å². The van der Waals surface area contributed by atoms with Gasteiger partial charge in [-0.25, -0.2) is 9.18 Å². The maximum Gasteiger partial charge on any atom is 0.341 e. The van der Waals surface area contributed by atoms with Gasteiger partial charge in [0.15, 0.2) is 0 Å². The first-order valence-corrected chi connectivity index (χ1v) is 10.3. The number of aromatic nitrogens is 1. The van der Waals surface area contributed by atoms with E-state index >= 15 is 4.39 Å². The third kappa shape index (κ3) is 4.05. The molecule has 0 radical (unpaired) electrons. The van der Waals surface area contributed by atoms with Gasteiger partial charge in [0.05, 0.1) is 11.2 Å². The highest BCUT2D eigenvalue weighted by Crippen LogP contribution is 2.27. The Morgan fingerprint density at radius 1 is 1.06 bits per heavy atom. The average molecular weight is 423 g/mol. The van der Waals surface area contributed by atoms with Crippen LogP contribution in [-0.4, -0.2) is 53.8 Å². The maximum absolute atomic E-state index is 15.0. The number of piperazine rings is 1. The zero-order valence-corrected chi connectivity index (χ0v) is 18.0. The largest absolute Gasteiger partial charge is 0.477 e. The molecule has 31 heavy (non-hydrogen) atoms. The molecule has 0 saturated carbocycles. The lowest BCUT2D eigenvalue weighted by Gasteiger charge is -2.34. The van der Waals surface area contributed by atoms with Crippen molar-refractivity contribution >= 4 is 22.6 Å². The van der Waals surface area contributed by atoms with Crippen LogP contribution in [0, 0.1) is 19.7 Å². The average Bonchev–Trinajstić information content (AvgIpc) is 2.73. The monoisotopic (exact) mass is 423 g/mol. The standard InChI is InChI=1S/C24H26FN3O3/c1-15-4-5-17(10-16(15)2)13-28-14-19(24(30)31)23(29)18-11-20(25)22(12-21(18)28)27-8-6-26(3)7-9-27/h4-5,10-12,14H,6-9,13H2,1-3H3,(H,30,31). The number of nitrogens with zero attached hydrogens (tertiary/aromatic N) is 3. The molecule has 7 heteroatoms. The van der Waals surface area contributed by atoms with Gasteiger partial charge in [-0.15, -0.1) is 0 Å². The van der Waals surface area contributed by atoms with Crippen LogP contribution in [0.2, 0.25) is 0 Å². The molecular formula is C24H26FN3O3. The van der Waals surface area contributed by atoms with Gasteiger partial charge >= 0.3 is 5.97 Å². The minimum absolute atomic E-state index is 0.0825. The highest BCUT2D eigenvalue weighted by atomic mass is 19.1. The number of pyridine rings is 1. The number of carboxylic acids is 1. The Bertz CT molecular complexity index is 1230. The van der Waals surface area contributed by atoms with E-state index in [1.54, 1.807) is 10.6 Å². The number of hydrogen-bond acceptors (Lipinski definition) is 4. The number of aryl methyl sites for hydroxylation is 2.